The topological polar surface area (TPSA) is 43.4 Å². The first-order chi connectivity index (χ1) is 11.3. The zero-order chi connectivity index (χ0) is 15.8. The minimum absolute atomic E-state index is 0.310. The van der Waals surface area contributed by atoms with E-state index in [0.717, 1.165) is 45.9 Å². The minimum Gasteiger partial charge on any atom is -0.464 e. The predicted molar refractivity (Wildman–Crippen MR) is 91.7 cm³/mol. The largest absolute Gasteiger partial charge is 0.464 e. The highest BCUT2D eigenvalue weighted by atomic mass is 16.4. The van der Waals surface area contributed by atoms with Gasteiger partial charge >= 0.3 is 5.63 Å². The van der Waals surface area contributed by atoms with E-state index in [2.05, 4.69) is 25.1 Å². The van der Waals surface area contributed by atoms with Gasteiger partial charge in [-0.2, -0.15) is 0 Å². The summed E-state index contributed by atoms with van der Waals surface area (Å²) in [4.78, 5) is 11.7. The molecule has 0 atom stereocenters. The van der Waals surface area contributed by atoms with Crippen molar-refractivity contribution in [2.24, 2.45) is 0 Å². The lowest BCUT2D eigenvalue weighted by atomic mass is 10.0. The number of aryl methyl sites for hydroxylation is 1. The SMILES string of the molecule is CCCc1cc(=O)oc2cc3occ(-c4ccccc4)c3cc12. The molecule has 0 saturated heterocycles. The summed E-state index contributed by atoms with van der Waals surface area (Å²) >= 11 is 0. The van der Waals surface area contributed by atoms with Crippen molar-refractivity contribution in [2.45, 2.75) is 19.8 Å². The van der Waals surface area contributed by atoms with E-state index in [4.69, 9.17) is 8.83 Å². The van der Waals surface area contributed by atoms with E-state index in [9.17, 15) is 4.79 Å². The third-order valence-electron chi connectivity index (χ3n) is 4.13. The van der Waals surface area contributed by atoms with Gasteiger partial charge in [-0.25, -0.2) is 4.79 Å². The monoisotopic (exact) mass is 304 g/mol. The molecule has 0 saturated carbocycles. The first kappa shape index (κ1) is 13.8. The zero-order valence-electron chi connectivity index (χ0n) is 12.8. The Labute approximate surface area is 133 Å². The summed E-state index contributed by atoms with van der Waals surface area (Å²) in [6.07, 6.45) is 3.59. The average molecular weight is 304 g/mol. The molecule has 114 valence electrons. The molecule has 23 heavy (non-hydrogen) atoms. The number of furan rings is 1. The summed E-state index contributed by atoms with van der Waals surface area (Å²) in [5.74, 6) is 0. The molecular formula is C20H16O3. The van der Waals surface area contributed by atoms with Crippen molar-refractivity contribution >= 4 is 21.9 Å². The van der Waals surface area contributed by atoms with Crippen molar-refractivity contribution in [3.63, 3.8) is 0 Å². The van der Waals surface area contributed by atoms with Crippen LogP contribution >= 0.6 is 0 Å². The van der Waals surface area contributed by atoms with Gasteiger partial charge in [0.05, 0.1) is 6.26 Å². The van der Waals surface area contributed by atoms with E-state index < -0.39 is 0 Å². The Bertz CT molecular complexity index is 1040. The fraction of sp³-hybridized carbons (Fsp3) is 0.150. The lowest BCUT2D eigenvalue weighted by Crippen LogP contribution is -2.00. The molecule has 0 N–H and O–H groups in total. The fourth-order valence-corrected chi connectivity index (χ4v) is 3.07. The van der Waals surface area contributed by atoms with Crippen LogP contribution in [0.1, 0.15) is 18.9 Å². The van der Waals surface area contributed by atoms with Crippen LogP contribution in [0.3, 0.4) is 0 Å². The minimum atomic E-state index is -0.310. The molecule has 4 aromatic rings. The number of hydrogen-bond acceptors (Lipinski definition) is 3. The molecule has 3 heteroatoms. The molecule has 2 heterocycles. The van der Waals surface area contributed by atoms with Gasteiger partial charge in [-0.05, 0) is 23.6 Å². The highest BCUT2D eigenvalue weighted by Crippen LogP contribution is 2.34. The van der Waals surface area contributed by atoms with E-state index in [1.54, 1.807) is 12.3 Å². The fourth-order valence-electron chi connectivity index (χ4n) is 3.07. The number of fused-ring (bicyclic) bond motifs is 2. The van der Waals surface area contributed by atoms with Crippen LogP contribution in [0.25, 0.3) is 33.1 Å². The summed E-state index contributed by atoms with van der Waals surface area (Å²) in [5, 5.41) is 2.02. The van der Waals surface area contributed by atoms with Crippen LogP contribution < -0.4 is 5.63 Å². The Hall–Kier alpha value is -2.81. The quantitative estimate of drug-likeness (QED) is 0.491. The van der Waals surface area contributed by atoms with E-state index in [1.807, 2.05) is 24.3 Å². The first-order valence-corrected chi connectivity index (χ1v) is 7.79. The average Bonchev–Trinajstić information content (AvgIpc) is 2.97. The molecule has 0 fully saturated rings. The molecule has 0 bridgehead atoms. The van der Waals surface area contributed by atoms with Gasteiger partial charge in [0.1, 0.15) is 11.2 Å². The zero-order valence-corrected chi connectivity index (χ0v) is 12.8. The van der Waals surface area contributed by atoms with E-state index in [1.165, 1.54) is 0 Å². The molecule has 0 spiro atoms. The predicted octanol–water partition coefficient (Wildman–Crippen LogP) is 5.16. The van der Waals surface area contributed by atoms with Crippen molar-refractivity contribution < 1.29 is 8.83 Å². The van der Waals surface area contributed by atoms with Crippen LogP contribution in [-0.4, -0.2) is 0 Å². The van der Waals surface area contributed by atoms with E-state index in [-0.39, 0.29) is 5.63 Å². The highest BCUT2D eigenvalue weighted by molar-refractivity contribution is 6.02. The molecule has 0 aliphatic carbocycles. The van der Waals surface area contributed by atoms with Crippen LogP contribution in [0.5, 0.6) is 0 Å². The Morgan fingerprint density at radius 2 is 1.78 bits per heavy atom. The molecule has 2 aromatic heterocycles. The van der Waals surface area contributed by atoms with Crippen LogP contribution in [0.15, 0.2) is 68.4 Å². The normalized spacial score (nSPS) is 11.3. The van der Waals surface area contributed by atoms with Gasteiger partial charge in [-0.3, -0.25) is 0 Å². The van der Waals surface area contributed by atoms with Crippen LogP contribution in [-0.2, 0) is 6.42 Å². The summed E-state index contributed by atoms with van der Waals surface area (Å²) in [5.41, 5.74) is 4.20. The van der Waals surface area contributed by atoms with Gasteiger partial charge in [0.2, 0.25) is 0 Å². The number of rotatable bonds is 3. The second-order valence-corrected chi connectivity index (χ2v) is 5.70. The number of hydrogen-bond donors (Lipinski definition) is 0. The molecule has 0 aliphatic rings. The maximum atomic E-state index is 11.7. The Morgan fingerprint density at radius 1 is 0.957 bits per heavy atom. The van der Waals surface area contributed by atoms with Crippen LogP contribution in [0.2, 0.25) is 0 Å². The van der Waals surface area contributed by atoms with Crippen LogP contribution in [0, 0.1) is 0 Å². The van der Waals surface area contributed by atoms with E-state index in [0.29, 0.717) is 5.58 Å². The van der Waals surface area contributed by atoms with Crippen molar-refractivity contribution in [3.05, 3.63) is 70.8 Å². The molecular weight excluding hydrogens is 288 g/mol. The van der Waals surface area contributed by atoms with Crippen molar-refractivity contribution in [1.29, 1.82) is 0 Å². The maximum absolute atomic E-state index is 11.7. The van der Waals surface area contributed by atoms with Crippen LogP contribution in [0.4, 0.5) is 0 Å². The van der Waals surface area contributed by atoms with Crippen molar-refractivity contribution in [1.82, 2.24) is 0 Å². The Kier molecular flexibility index (Phi) is 3.27. The maximum Gasteiger partial charge on any atom is 0.336 e. The smallest absolute Gasteiger partial charge is 0.336 e. The van der Waals surface area contributed by atoms with Gasteiger partial charge < -0.3 is 8.83 Å². The van der Waals surface area contributed by atoms with Gasteiger partial charge in [-0.15, -0.1) is 0 Å². The molecule has 2 aromatic carbocycles. The van der Waals surface area contributed by atoms with Crippen molar-refractivity contribution in [3.8, 4) is 11.1 Å². The molecule has 3 nitrogen and oxygen atoms in total. The van der Waals surface area contributed by atoms with Gasteiger partial charge in [0.25, 0.3) is 0 Å². The molecule has 0 unspecified atom stereocenters. The summed E-state index contributed by atoms with van der Waals surface area (Å²) < 4.78 is 11.0. The lowest BCUT2D eigenvalue weighted by Gasteiger charge is -2.05. The first-order valence-electron chi connectivity index (χ1n) is 7.79. The van der Waals surface area contributed by atoms with Gasteiger partial charge in [0, 0.05) is 28.5 Å². The standard InChI is InChI=1S/C20H16O3/c1-2-6-14-9-20(21)23-19-11-18-16(10-15(14)19)17(12-22-18)13-7-4-3-5-8-13/h3-5,7-12H,2,6H2,1H3. The second-order valence-electron chi connectivity index (χ2n) is 5.70. The third-order valence-corrected chi connectivity index (χ3v) is 4.13. The Balaban J connectivity index is 2.03. The molecule has 0 radical (unpaired) electrons. The molecule has 0 aliphatic heterocycles. The number of benzene rings is 2. The lowest BCUT2D eigenvalue weighted by molar-refractivity contribution is 0.557. The molecule has 0 amide bonds. The Morgan fingerprint density at radius 3 is 2.57 bits per heavy atom. The second kappa shape index (κ2) is 5.43. The summed E-state index contributed by atoms with van der Waals surface area (Å²) in [7, 11) is 0. The summed E-state index contributed by atoms with van der Waals surface area (Å²) in [6.45, 7) is 2.10. The van der Waals surface area contributed by atoms with E-state index >= 15 is 0 Å². The van der Waals surface area contributed by atoms with Gasteiger partial charge in [0.15, 0.2) is 0 Å². The summed E-state index contributed by atoms with van der Waals surface area (Å²) in [6, 6.07) is 15.6. The molecule has 4 rings (SSSR count). The van der Waals surface area contributed by atoms with Gasteiger partial charge in [-0.1, -0.05) is 43.7 Å². The highest BCUT2D eigenvalue weighted by Gasteiger charge is 2.13. The third kappa shape index (κ3) is 2.34. The van der Waals surface area contributed by atoms with Crippen molar-refractivity contribution in [2.75, 3.05) is 0 Å².